The van der Waals surface area contributed by atoms with E-state index >= 15 is 0 Å². The number of hydrogen-bond acceptors (Lipinski definition) is 2. The Kier molecular flexibility index (Phi) is 3.59. The Bertz CT molecular complexity index is 821. The molecule has 0 aliphatic rings. The zero-order chi connectivity index (χ0) is 15.7. The lowest BCUT2D eigenvalue weighted by Gasteiger charge is -2.20. The minimum absolute atomic E-state index is 0.119. The third-order valence-corrected chi connectivity index (χ3v) is 3.98. The highest BCUT2D eigenvalue weighted by Crippen LogP contribution is 2.22. The number of rotatable bonds is 3. The molecule has 0 fully saturated rings. The van der Waals surface area contributed by atoms with Gasteiger partial charge in [-0.3, -0.25) is 15.2 Å². The summed E-state index contributed by atoms with van der Waals surface area (Å²) >= 11 is 0. The van der Waals surface area contributed by atoms with E-state index in [0.29, 0.717) is 5.56 Å². The van der Waals surface area contributed by atoms with Gasteiger partial charge in [0.25, 0.3) is 5.91 Å². The Morgan fingerprint density at radius 3 is 2.55 bits per heavy atom. The molecular weight excluding hydrogens is 274 g/mol. The van der Waals surface area contributed by atoms with Crippen LogP contribution in [0.2, 0.25) is 0 Å². The highest BCUT2D eigenvalue weighted by Gasteiger charge is 2.11. The average Bonchev–Trinajstić information content (AvgIpc) is 2.82. The first-order valence-electron chi connectivity index (χ1n) is 7.25. The maximum Gasteiger partial charge on any atom is 0.269 e. The lowest BCUT2D eigenvalue weighted by atomic mass is 10.1. The molecule has 2 aromatic carbocycles. The molecule has 3 aromatic rings. The SMILES string of the molecule is Cc1[nH]c2ccc(C(=O)NN(C)c3ccccc3)cc2c1C. The zero-order valence-electron chi connectivity index (χ0n) is 13.0. The van der Waals surface area contributed by atoms with Gasteiger partial charge in [-0.25, -0.2) is 0 Å². The van der Waals surface area contributed by atoms with Crippen LogP contribution < -0.4 is 10.4 Å². The summed E-state index contributed by atoms with van der Waals surface area (Å²) in [6.07, 6.45) is 0. The number of aromatic nitrogens is 1. The van der Waals surface area contributed by atoms with Crippen LogP contribution in [0.15, 0.2) is 48.5 Å². The molecule has 0 atom stereocenters. The number of nitrogens with one attached hydrogen (secondary N) is 2. The van der Waals surface area contributed by atoms with Crippen molar-refractivity contribution in [3.63, 3.8) is 0 Å². The van der Waals surface area contributed by atoms with Crippen molar-refractivity contribution in [1.82, 2.24) is 10.4 Å². The number of hydrazine groups is 1. The summed E-state index contributed by atoms with van der Waals surface area (Å²) in [5.41, 5.74) is 7.85. The minimum atomic E-state index is -0.119. The van der Waals surface area contributed by atoms with E-state index < -0.39 is 0 Å². The zero-order valence-corrected chi connectivity index (χ0v) is 13.0. The molecule has 0 bridgehead atoms. The smallest absolute Gasteiger partial charge is 0.269 e. The maximum atomic E-state index is 12.4. The summed E-state index contributed by atoms with van der Waals surface area (Å²) in [7, 11) is 1.83. The van der Waals surface area contributed by atoms with Gasteiger partial charge in [0.15, 0.2) is 0 Å². The van der Waals surface area contributed by atoms with Crippen molar-refractivity contribution < 1.29 is 4.79 Å². The topological polar surface area (TPSA) is 48.1 Å². The molecule has 4 nitrogen and oxygen atoms in total. The molecule has 1 heterocycles. The van der Waals surface area contributed by atoms with Crippen molar-refractivity contribution >= 4 is 22.5 Å². The predicted octanol–water partition coefficient (Wildman–Crippen LogP) is 3.57. The number of benzene rings is 2. The van der Waals surface area contributed by atoms with Crippen LogP contribution in [-0.2, 0) is 0 Å². The molecule has 22 heavy (non-hydrogen) atoms. The molecule has 0 aliphatic heterocycles. The monoisotopic (exact) mass is 293 g/mol. The summed E-state index contributed by atoms with van der Waals surface area (Å²) in [5, 5.41) is 2.81. The van der Waals surface area contributed by atoms with Gasteiger partial charge in [-0.2, -0.15) is 0 Å². The van der Waals surface area contributed by atoms with Crippen molar-refractivity contribution in [2.24, 2.45) is 0 Å². The number of aryl methyl sites for hydroxylation is 2. The summed E-state index contributed by atoms with van der Waals surface area (Å²) in [6, 6.07) is 15.4. The van der Waals surface area contributed by atoms with Gasteiger partial charge in [-0.1, -0.05) is 18.2 Å². The van der Waals surface area contributed by atoms with Crippen molar-refractivity contribution in [2.45, 2.75) is 13.8 Å². The summed E-state index contributed by atoms with van der Waals surface area (Å²) in [4.78, 5) is 15.7. The normalized spacial score (nSPS) is 10.7. The predicted molar refractivity (Wildman–Crippen MR) is 90.1 cm³/mol. The number of amides is 1. The lowest BCUT2D eigenvalue weighted by Crippen LogP contribution is -2.39. The molecule has 3 rings (SSSR count). The van der Waals surface area contributed by atoms with E-state index in [-0.39, 0.29) is 5.91 Å². The molecule has 0 aliphatic carbocycles. The second-order valence-corrected chi connectivity index (χ2v) is 5.47. The molecule has 1 aromatic heterocycles. The van der Waals surface area contributed by atoms with Gasteiger partial charge < -0.3 is 4.98 Å². The average molecular weight is 293 g/mol. The molecule has 0 saturated heterocycles. The van der Waals surface area contributed by atoms with Gasteiger partial charge >= 0.3 is 0 Å². The summed E-state index contributed by atoms with van der Waals surface area (Å²) in [6.45, 7) is 4.10. The van der Waals surface area contributed by atoms with Gasteiger partial charge in [0, 0.05) is 29.2 Å². The number of aromatic amines is 1. The van der Waals surface area contributed by atoms with E-state index in [0.717, 1.165) is 22.3 Å². The van der Waals surface area contributed by atoms with Gasteiger partial charge in [0.2, 0.25) is 0 Å². The number of anilines is 1. The highest BCUT2D eigenvalue weighted by atomic mass is 16.2. The number of carbonyl (C=O) groups is 1. The third kappa shape index (κ3) is 2.55. The Balaban J connectivity index is 1.84. The maximum absolute atomic E-state index is 12.4. The van der Waals surface area contributed by atoms with Crippen LogP contribution in [0.5, 0.6) is 0 Å². The Hall–Kier alpha value is -2.75. The highest BCUT2D eigenvalue weighted by molar-refractivity contribution is 5.99. The molecule has 1 amide bonds. The summed E-state index contributed by atoms with van der Waals surface area (Å²) in [5.74, 6) is -0.119. The van der Waals surface area contributed by atoms with Crippen molar-refractivity contribution in [1.29, 1.82) is 0 Å². The molecule has 2 N–H and O–H groups in total. The number of hydrogen-bond donors (Lipinski definition) is 2. The van der Waals surface area contributed by atoms with Crippen LogP contribution in [0.4, 0.5) is 5.69 Å². The Morgan fingerprint density at radius 2 is 1.82 bits per heavy atom. The standard InChI is InChI=1S/C18H19N3O/c1-12-13(2)19-17-10-9-14(11-16(12)17)18(22)20-21(3)15-7-5-4-6-8-15/h4-11,19H,1-3H3,(H,20,22). The molecule has 4 heteroatoms. The van der Waals surface area contributed by atoms with E-state index in [1.165, 1.54) is 5.56 Å². The number of fused-ring (bicyclic) bond motifs is 1. The van der Waals surface area contributed by atoms with E-state index in [2.05, 4.69) is 17.3 Å². The number of para-hydroxylation sites is 1. The first-order chi connectivity index (χ1) is 10.6. The molecule has 0 unspecified atom stereocenters. The van der Waals surface area contributed by atoms with Crippen molar-refractivity contribution in [3.05, 3.63) is 65.4 Å². The van der Waals surface area contributed by atoms with Crippen molar-refractivity contribution in [3.8, 4) is 0 Å². The molecule has 0 saturated carbocycles. The van der Waals surface area contributed by atoms with Gasteiger partial charge in [-0.05, 0) is 49.7 Å². The van der Waals surface area contributed by atoms with E-state index in [1.807, 2.05) is 62.5 Å². The second kappa shape index (κ2) is 5.56. The number of carbonyl (C=O) groups excluding carboxylic acids is 1. The van der Waals surface area contributed by atoms with E-state index in [1.54, 1.807) is 5.01 Å². The van der Waals surface area contributed by atoms with Gasteiger partial charge in [0.05, 0.1) is 5.69 Å². The van der Waals surface area contributed by atoms with Crippen LogP contribution in [0.3, 0.4) is 0 Å². The van der Waals surface area contributed by atoms with Crippen molar-refractivity contribution in [2.75, 3.05) is 12.1 Å². The molecule has 112 valence electrons. The Labute approximate surface area is 129 Å². The Morgan fingerprint density at radius 1 is 1.09 bits per heavy atom. The fraction of sp³-hybridized carbons (Fsp3) is 0.167. The van der Waals surface area contributed by atoms with Crippen LogP contribution in [-0.4, -0.2) is 17.9 Å². The van der Waals surface area contributed by atoms with Crippen LogP contribution in [0.25, 0.3) is 10.9 Å². The van der Waals surface area contributed by atoms with E-state index in [9.17, 15) is 4.79 Å². The largest absolute Gasteiger partial charge is 0.358 e. The first kappa shape index (κ1) is 14.2. The fourth-order valence-corrected chi connectivity index (χ4v) is 2.54. The number of H-pyrrole nitrogens is 1. The number of nitrogens with zero attached hydrogens (tertiary/aromatic N) is 1. The first-order valence-corrected chi connectivity index (χ1v) is 7.25. The molecular formula is C18H19N3O. The fourth-order valence-electron chi connectivity index (χ4n) is 2.54. The van der Waals surface area contributed by atoms with Crippen LogP contribution in [0.1, 0.15) is 21.6 Å². The van der Waals surface area contributed by atoms with Gasteiger partial charge in [0.1, 0.15) is 0 Å². The molecule has 0 spiro atoms. The molecule has 0 radical (unpaired) electrons. The summed E-state index contributed by atoms with van der Waals surface area (Å²) < 4.78 is 0. The quantitative estimate of drug-likeness (QED) is 0.725. The van der Waals surface area contributed by atoms with Crippen LogP contribution in [0, 0.1) is 13.8 Å². The van der Waals surface area contributed by atoms with Crippen LogP contribution >= 0.6 is 0 Å². The lowest BCUT2D eigenvalue weighted by molar-refractivity contribution is 0.0951. The third-order valence-electron chi connectivity index (χ3n) is 3.98. The minimum Gasteiger partial charge on any atom is -0.358 e. The van der Waals surface area contributed by atoms with E-state index in [4.69, 9.17) is 0 Å². The second-order valence-electron chi connectivity index (χ2n) is 5.47. The van der Waals surface area contributed by atoms with Gasteiger partial charge in [-0.15, -0.1) is 0 Å².